The fraction of sp³-hybridized carbons (Fsp3) is 0.667. The molecular formula is C12H22. The molecule has 0 aromatic rings. The van der Waals surface area contributed by atoms with E-state index in [1.807, 2.05) is 0 Å². The molecule has 0 bridgehead atoms. The molecule has 0 spiro atoms. The number of hydrogen-bond donors (Lipinski definition) is 0. The molecule has 0 unspecified atom stereocenters. The Morgan fingerprint density at radius 2 is 1.75 bits per heavy atom. The molecule has 0 aliphatic rings. The molecule has 0 aliphatic heterocycles. The minimum absolute atomic E-state index is 0.691. The summed E-state index contributed by atoms with van der Waals surface area (Å²) < 4.78 is 0. The fourth-order valence-corrected chi connectivity index (χ4v) is 1.24. The molecule has 0 atom stereocenters. The lowest BCUT2D eigenvalue weighted by Crippen LogP contribution is -1.83. The molecule has 70 valence electrons. The first-order chi connectivity index (χ1) is 5.52. The van der Waals surface area contributed by atoms with Gasteiger partial charge in [0.1, 0.15) is 0 Å². The topological polar surface area (TPSA) is 0 Å². The Kier molecular flexibility index (Phi) is 5.79. The lowest BCUT2D eigenvalue weighted by Gasteiger charge is -2.01. The van der Waals surface area contributed by atoms with Crippen LogP contribution in [0, 0.1) is 5.92 Å². The van der Waals surface area contributed by atoms with E-state index in [4.69, 9.17) is 0 Å². The molecule has 0 fully saturated rings. The number of rotatable bonds is 4. The lowest BCUT2D eigenvalue weighted by atomic mass is 10.1. The van der Waals surface area contributed by atoms with Gasteiger partial charge in [-0.05, 0) is 39.5 Å². The van der Waals surface area contributed by atoms with E-state index in [2.05, 4.69) is 46.8 Å². The highest BCUT2D eigenvalue weighted by Gasteiger charge is 1.91. The molecule has 0 heteroatoms. The Morgan fingerprint density at radius 3 is 2.17 bits per heavy atom. The summed E-state index contributed by atoms with van der Waals surface area (Å²) in [6.07, 6.45) is 7.05. The van der Waals surface area contributed by atoms with E-state index >= 15 is 0 Å². The molecule has 0 aliphatic carbocycles. The van der Waals surface area contributed by atoms with Crippen molar-refractivity contribution in [1.29, 1.82) is 0 Å². The first-order valence-electron chi connectivity index (χ1n) is 4.83. The predicted octanol–water partition coefficient (Wildman–Crippen LogP) is 4.34. The lowest BCUT2D eigenvalue weighted by molar-refractivity contribution is 0.806. The SMILES string of the molecule is CC(C)=CCC/C(C)=C\C(C)C. The van der Waals surface area contributed by atoms with Crippen molar-refractivity contribution in [3.63, 3.8) is 0 Å². The third kappa shape index (κ3) is 7.59. The highest BCUT2D eigenvalue weighted by Crippen LogP contribution is 2.09. The molecule has 0 saturated heterocycles. The summed E-state index contributed by atoms with van der Waals surface area (Å²) in [7, 11) is 0. The average molecular weight is 166 g/mol. The summed E-state index contributed by atoms with van der Waals surface area (Å²) in [6, 6.07) is 0. The van der Waals surface area contributed by atoms with Crippen molar-refractivity contribution in [3.05, 3.63) is 23.3 Å². The third-order valence-electron chi connectivity index (χ3n) is 1.71. The van der Waals surface area contributed by atoms with Gasteiger partial charge in [-0.15, -0.1) is 0 Å². The van der Waals surface area contributed by atoms with Gasteiger partial charge in [0.15, 0.2) is 0 Å². The highest BCUT2D eigenvalue weighted by atomic mass is 14.0. The van der Waals surface area contributed by atoms with Crippen LogP contribution in [0.2, 0.25) is 0 Å². The van der Waals surface area contributed by atoms with Gasteiger partial charge >= 0.3 is 0 Å². The van der Waals surface area contributed by atoms with E-state index in [1.54, 1.807) is 0 Å². The van der Waals surface area contributed by atoms with Crippen molar-refractivity contribution in [2.45, 2.75) is 47.5 Å². The van der Waals surface area contributed by atoms with Crippen LogP contribution in [-0.4, -0.2) is 0 Å². The van der Waals surface area contributed by atoms with Crippen LogP contribution in [0.4, 0.5) is 0 Å². The predicted molar refractivity (Wildman–Crippen MR) is 57.3 cm³/mol. The normalized spacial score (nSPS) is 12.0. The van der Waals surface area contributed by atoms with Crippen LogP contribution in [0.5, 0.6) is 0 Å². The van der Waals surface area contributed by atoms with Crippen LogP contribution in [0.1, 0.15) is 47.5 Å². The Morgan fingerprint density at radius 1 is 1.17 bits per heavy atom. The summed E-state index contributed by atoms with van der Waals surface area (Å²) in [5.41, 5.74) is 2.94. The van der Waals surface area contributed by atoms with E-state index in [9.17, 15) is 0 Å². The Balaban J connectivity index is 3.71. The van der Waals surface area contributed by atoms with E-state index in [1.165, 1.54) is 24.0 Å². The quantitative estimate of drug-likeness (QED) is 0.545. The third-order valence-corrected chi connectivity index (χ3v) is 1.71. The standard InChI is InChI=1S/C12H22/c1-10(2)7-6-8-12(5)9-11(3)4/h7,9,11H,6,8H2,1-5H3/b12-9-. The van der Waals surface area contributed by atoms with Gasteiger partial charge < -0.3 is 0 Å². The van der Waals surface area contributed by atoms with Gasteiger partial charge in [0.25, 0.3) is 0 Å². The monoisotopic (exact) mass is 166 g/mol. The smallest absolute Gasteiger partial charge is 0.0288 e. The first kappa shape index (κ1) is 11.5. The Hall–Kier alpha value is -0.520. The van der Waals surface area contributed by atoms with Crippen molar-refractivity contribution in [1.82, 2.24) is 0 Å². The largest absolute Gasteiger partial charge is 0.0856 e. The van der Waals surface area contributed by atoms with Crippen LogP contribution < -0.4 is 0 Å². The van der Waals surface area contributed by atoms with Crippen LogP contribution >= 0.6 is 0 Å². The summed E-state index contributed by atoms with van der Waals surface area (Å²) >= 11 is 0. The molecule has 12 heavy (non-hydrogen) atoms. The second-order valence-electron chi connectivity index (χ2n) is 4.08. The second kappa shape index (κ2) is 6.05. The van der Waals surface area contributed by atoms with Crippen LogP contribution in [-0.2, 0) is 0 Å². The molecule has 0 amide bonds. The molecule has 0 radical (unpaired) electrons. The van der Waals surface area contributed by atoms with Crippen molar-refractivity contribution in [2.24, 2.45) is 5.92 Å². The van der Waals surface area contributed by atoms with Gasteiger partial charge in [0.2, 0.25) is 0 Å². The molecule has 0 heterocycles. The average Bonchev–Trinajstić information content (AvgIpc) is 1.84. The molecular weight excluding hydrogens is 144 g/mol. The van der Waals surface area contributed by atoms with E-state index < -0.39 is 0 Å². The fourth-order valence-electron chi connectivity index (χ4n) is 1.24. The minimum Gasteiger partial charge on any atom is -0.0856 e. The van der Waals surface area contributed by atoms with Gasteiger partial charge in [-0.1, -0.05) is 37.1 Å². The maximum atomic E-state index is 2.35. The van der Waals surface area contributed by atoms with E-state index in [-0.39, 0.29) is 0 Å². The van der Waals surface area contributed by atoms with Crippen LogP contribution in [0.25, 0.3) is 0 Å². The van der Waals surface area contributed by atoms with Gasteiger partial charge in [0, 0.05) is 0 Å². The van der Waals surface area contributed by atoms with E-state index in [0.29, 0.717) is 5.92 Å². The summed E-state index contributed by atoms with van der Waals surface area (Å²) in [4.78, 5) is 0. The maximum absolute atomic E-state index is 2.35. The number of hydrogen-bond acceptors (Lipinski definition) is 0. The zero-order valence-corrected chi connectivity index (χ0v) is 9.15. The molecule has 0 aromatic heterocycles. The minimum atomic E-state index is 0.691. The summed E-state index contributed by atoms with van der Waals surface area (Å²) in [6.45, 7) is 11.0. The molecule has 0 rings (SSSR count). The van der Waals surface area contributed by atoms with Crippen molar-refractivity contribution < 1.29 is 0 Å². The molecule has 0 aromatic carbocycles. The Labute approximate surface area is 77.4 Å². The number of allylic oxidation sites excluding steroid dienone is 4. The molecule has 0 saturated carbocycles. The first-order valence-corrected chi connectivity index (χ1v) is 4.83. The van der Waals surface area contributed by atoms with Crippen molar-refractivity contribution in [3.8, 4) is 0 Å². The van der Waals surface area contributed by atoms with Gasteiger partial charge in [-0.2, -0.15) is 0 Å². The molecule has 0 nitrogen and oxygen atoms in total. The molecule has 0 N–H and O–H groups in total. The van der Waals surface area contributed by atoms with Crippen molar-refractivity contribution >= 4 is 0 Å². The van der Waals surface area contributed by atoms with Crippen LogP contribution in [0.3, 0.4) is 0 Å². The Bertz CT molecular complexity index is 166. The van der Waals surface area contributed by atoms with E-state index in [0.717, 1.165) is 0 Å². The second-order valence-corrected chi connectivity index (χ2v) is 4.08. The zero-order chi connectivity index (χ0) is 9.56. The van der Waals surface area contributed by atoms with Gasteiger partial charge in [0.05, 0.1) is 0 Å². The van der Waals surface area contributed by atoms with Crippen LogP contribution in [0.15, 0.2) is 23.3 Å². The van der Waals surface area contributed by atoms with Crippen molar-refractivity contribution in [2.75, 3.05) is 0 Å². The van der Waals surface area contributed by atoms with Gasteiger partial charge in [-0.25, -0.2) is 0 Å². The summed E-state index contributed by atoms with van der Waals surface area (Å²) in [5, 5.41) is 0. The van der Waals surface area contributed by atoms with Gasteiger partial charge in [-0.3, -0.25) is 0 Å². The zero-order valence-electron chi connectivity index (χ0n) is 9.15. The summed E-state index contributed by atoms with van der Waals surface area (Å²) in [5.74, 6) is 0.691. The highest BCUT2D eigenvalue weighted by molar-refractivity contribution is 5.02. The maximum Gasteiger partial charge on any atom is -0.0288 e.